The summed E-state index contributed by atoms with van der Waals surface area (Å²) in [5.74, 6) is -0.556. The molecule has 2 rings (SSSR count). The van der Waals surface area contributed by atoms with Crippen LogP contribution in [0.5, 0.6) is 0 Å². The number of carbonyl (C=O) groups is 2. The zero-order chi connectivity index (χ0) is 15.9. The molecule has 0 saturated heterocycles. The van der Waals surface area contributed by atoms with Crippen LogP contribution in [0.15, 0.2) is 47.6 Å². The second kappa shape index (κ2) is 7.26. The molecule has 2 aromatic rings. The zero-order valence-electron chi connectivity index (χ0n) is 12.0. The lowest BCUT2D eigenvalue weighted by Gasteiger charge is -2.10. The van der Waals surface area contributed by atoms with Crippen LogP contribution in [0.2, 0.25) is 0 Å². The van der Waals surface area contributed by atoms with E-state index in [0.717, 1.165) is 11.8 Å². The van der Waals surface area contributed by atoms with Crippen LogP contribution >= 0.6 is 0 Å². The van der Waals surface area contributed by atoms with Crippen molar-refractivity contribution in [3.05, 3.63) is 70.5 Å². The van der Waals surface area contributed by atoms with E-state index in [2.05, 4.69) is 10.5 Å². The molecule has 5 heteroatoms. The Labute approximate surface area is 127 Å². The summed E-state index contributed by atoms with van der Waals surface area (Å²) in [6, 6.07) is 11.4. The fourth-order valence-electron chi connectivity index (χ4n) is 2.18. The maximum absolute atomic E-state index is 13.4. The van der Waals surface area contributed by atoms with Crippen molar-refractivity contribution in [1.29, 1.82) is 0 Å². The van der Waals surface area contributed by atoms with Gasteiger partial charge < -0.3 is 5.43 Å². The Balaban J connectivity index is 2.40. The second-order valence-corrected chi connectivity index (χ2v) is 4.64. The average molecular weight is 298 g/mol. The number of hydrazone groups is 1. The molecule has 0 amide bonds. The SMILES string of the molecule is CN/N=C(/Cc1ccc(F)c(C=O)c1)c1ccccc1C=O. The molecule has 0 radical (unpaired) electrons. The van der Waals surface area contributed by atoms with Gasteiger partial charge in [0.2, 0.25) is 0 Å². The van der Waals surface area contributed by atoms with E-state index in [0.29, 0.717) is 29.5 Å². The smallest absolute Gasteiger partial charge is 0.153 e. The molecule has 22 heavy (non-hydrogen) atoms. The molecule has 0 aliphatic heterocycles. The summed E-state index contributed by atoms with van der Waals surface area (Å²) in [6.45, 7) is 0. The summed E-state index contributed by atoms with van der Waals surface area (Å²) in [4.78, 5) is 22.0. The van der Waals surface area contributed by atoms with Crippen LogP contribution < -0.4 is 5.43 Å². The van der Waals surface area contributed by atoms with Crippen LogP contribution in [0, 0.1) is 5.82 Å². The fraction of sp³-hybridized carbons (Fsp3) is 0.118. The van der Waals surface area contributed by atoms with E-state index in [9.17, 15) is 14.0 Å². The van der Waals surface area contributed by atoms with E-state index in [1.54, 1.807) is 31.3 Å². The molecule has 0 unspecified atom stereocenters. The molecule has 0 bridgehead atoms. The van der Waals surface area contributed by atoms with Gasteiger partial charge in [0.25, 0.3) is 0 Å². The normalized spacial score (nSPS) is 11.1. The van der Waals surface area contributed by atoms with E-state index >= 15 is 0 Å². The lowest BCUT2D eigenvalue weighted by molar-refractivity contribution is 0.111. The van der Waals surface area contributed by atoms with Gasteiger partial charge in [0.1, 0.15) is 5.82 Å². The van der Waals surface area contributed by atoms with Crippen molar-refractivity contribution in [2.24, 2.45) is 5.10 Å². The molecule has 0 saturated carbocycles. The molecule has 0 aliphatic carbocycles. The van der Waals surface area contributed by atoms with Gasteiger partial charge in [-0.3, -0.25) is 9.59 Å². The van der Waals surface area contributed by atoms with Crippen molar-refractivity contribution in [2.45, 2.75) is 6.42 Å². The third kappa shape index (κ3) is 3.44. The lowest BCUT2D eigenvalue weighted by Crippen LogP contribution is -2.13. The molecule has 0 fully saturated rings. The van der Waals surface area contributed by atoms with Gasteiger partial charge >= 0.3 is 0 Å². The molecule has 4 nitrogen and oxygen atoms in total. The number of nitrogens with one attached hydrogen (secondary N) is 1. The van der Waals surface area contributed by atoms with Crippen molar-refractivity contribution in [2.75, 3.05) is 7.05 Å². The number of rotatable bonds is 6. The van der Waals surface area contributed by atoms with Gasteiger partial charge in [0.05, 0.1) is 11.3 Å². The highest BCUT2D eigenvalue weighted by Crippen LogP contribution is 2.15. The topological polar surface area (TPSA) is 58.5 Å². The molecular weight excluding hydrogens is 283 g/mol. The van der Waals surface area contributed by atoms with Crippen molar-refractivity contribution in [3.63, 3.8) is 0 Å². The standard InChI is InChI=1S/C17H15FN2O2/c1-19-20-17(15-5-3-2-4-13(15)10-21)9-12-6-7-16(18)14(8-12)11-22/h2-8,10-11,19H,9H2,1H3/b20-17-. The largest absolute Gasteiger partial charge is 0.313 e. The molecule has 0 spiro atoms. The number of hydrogen-bond acceptors (Lipinski definition) is 4. The summed E-state index contributed by atoms with van der Waals surface area (Å²) < 4.78 is 13.4. The molecule has 0 heterocycles. The van der Waals surface area contributed by atoms with Crippen LogP contribution in [0.4, 0.5) is 4.39 Å². The first-order chi connectivity index (χ1) is 10.7. The zero-order valence-corrected chi connectivity index (χ0v) is 12.0. The van der Waals surface area contributed by atoms with Gasteiger partial charge in [-0.15, -0.1) is 0 Å². The van der Waals surface area contributed by atoms with Crippen molar-refractivity contribution < 1.29 is 14.0 Å². The summed E-state index contributed by atoms with van der Waals surface area (Å²) in [6.07, 6.45) is 1.61. The van der Waals surface area contributed by atoms with E-state index in [4.69, 9.17) is 0 Å². The molecule has 0 aromatic heterocycles. The Hall–Kier alpha value is -2.82. The first-order valence-corrected chi connectivity index (χ1v) is 6.71. The molecular formula is C17H15FN2O2. The molecule has 112 valence electrons. The van der Waals surface area contributed by atoms with Gasteiger partial charge in [-0.25, -0.2) is 4.39 Å². The third-order valence-corrected chi connectivity index (χ3v) is 3.20. The summed E-state index contributed by atoms with van der Waals surface area (Å²) in [5.41, 5.74) is 5.30. The molecule has 0 aliphatic rings. The van der Waals surface area contributed by atoms with Crippen molar-refractivity contribution >= 4 is 18.3 Å². The van der Waals surface area contributed by atoms with Gasteiger partial charge in [-0.05, 0) is 17.7 Å². The monoisotopic (exact) mass is 298 g/mol. The Morgan fingerprint density at radius 1 is 1.14 bits per heavy atom. The third-order valence-electron chi connectivity index (χ3n) is 3.20. The first kappa shape index (κ1) is 15.6. The highest BCUT2D eigenvalue weighted by molar-refractivity contribution is 6.07. The Morgan fingerprint density at radius 2 is 1.86 bits per heavy atom. The van der Waals surface area contributed by atoms with Crippen LogP contribution in [0.25, 0.3) is 0 Å². The quantitative estimate of drug-likeness (QED) is 0.506. The minimum Gasteiger partial charge on any atom is -0.313 e. The number of benzene rings is 2. The second-order valence-electron chi connectivity index (χ2n) is 4.64. The summed E-state index contributed by atoms with van der Waals surface area (Å²) >= 11 is 0. The van der Waals surface area contributed by atoms with E-state index in [1.165, 1.54) is 12.1 Å². The van der Waals surface area contributed by atoms with E-state index in [-0.39, 0.29) is 5.56 Å². The number of aldehydes is 2. The Kier molecular flexibility index (Phi) is 5.14. The number of nitrogens with zero attached hydrogens (tertiary/aromatic N) is 1. The lowest BCUT2D eigenvalue weighted by atomic mass is 9.97. The van der Waals surface area contributed by atoms with Gasteiger partial charge in [0, 0.05) is 24.6 Å². The molecule has 1 N–H and O–H groups in total. The maximum Gasteiger partial charge on any atom is 0.153 e. The van der Waals surface area contributed by atoms with E-state index < -0.39 is 5.82 Å². The maximum atomic E-state index is 13.4. The van der Waals surface area contributed by atoms with Crippen LogP contribution in [-0.2, 0) is 6.42 Å². The van der Waals surface area contributed by atoms with Gasteiger partial charge in [0.15, 0.2) is 12.6 Å². The highest BCUT2D eigenvalue weighted by Gasteiger charge is 2.11. The molecule has 2 aromatic carbocycles. The van der Waals surface area contributed by atoms with E-state index in [1.807, 2.05) is 6.07 Å². The predicted molar refractivity (Wildman–Crippen MR) is 82.9 cm³/mol. The van der Waals surface area contributed by atoms with Crippen LogP contribution in [0.1, 0.15) is 31.8 Å². The summed E-state index contributed by atoms with van der Waals surface area (Å²) in [7, 11) is 1.66. The van der Waals surface area contributed by atoms with Gasteiger partial charge in [-0.2, -0.15) is 5.10 Å². The fourth-order valence-corrected chi connectivity index (χ4v) is 2.18. The number of hydrogen-bond donors (Lipinski definition) is 1. The van der Waals surface area contributed by atoms with Crippen molar-refractivity contribution in [3.8, 4) is 0 Å². The van der Waals surface area contributed by atoms with Crippen molar-refractivity contribution in [1.82, 2.24) is 5.43 Å². The average Bonchev–Trinajstić information content (AvgIpc) is 2.56. The Bertz CT molecular complexity index is 726. The molecule has 0 atom stereocenters. The first-order valence-electron chi connectivity index (χ1n) is 6.71. The van der Waals surface area contributed by atoms with Crippen LogP contribution in [0.3, 0.4) is 0 Å². The number of halogens is 1. The highest BCUT2D eigenvalue weighted by atomic mass is 19.1. The minimum absolute atomic E-state index is 0.00461. The van der Waals surface area contributed by atoms with Gasteiger partial charge in [-0.1, -0.05) is 30.3 Å². The number of carbonyl (C=O) groups excluding carboxylic acids is 2. The minimum atomic E-state index is -0.556. The Morgan fingerprint density at radius 3 is 2.55 bits per heavy atom. The van der Waals surface area contributed by atoms with Crippen LogP contribution in [-0.4, -0.2) is 25.3 Å². The predicted octanol–water partition coefficient (Wildman–Crippen LogP) is 2.62. The summed E-state index contributed by atoms with van der Waals surface area (Å²) in [5, 5.41) is 4.20.